The van der Waals surface area contributed by atoms with Gasteiger partial charge in [-0.25, -0.2) is 4.99 Å². The van der Waals surface area contributed by atoms with Crippen molar-refractivity contribution in [2.45, 2.75) is 95.6 Å². The Morgan fingerprint density at radius 1 is 0.778 bits per heavy atom. The van der Waals surface area contributed by atoms with Gasteiger partial charge in [0.05, 0.1) is 6.04 Å². The fraction of sp³-hybridized carbons (Fsp3) is 0.652. The van der Waals surface area contributed by atoms with Gasteiger partial charge in [0.25, 0.3) is 5.91 Å². The van der Waals surface area contributed by atoms with E-state index in [1.54, 1.807) is 0 Å². The molecule has 4 nitrogen and oxygen atoms in total. The van der Waals surface area contributed by atoms with Crippen LogP contribution in [0.1, 0.15) is 93.8 Å². The molecule has 27 heavy (non-hydrogen) atoms. The summed E-state index contributed by atoms with van der Waals surface area (Å²) in [5.41, 5.74) is 0.686. The predicted octanol–water partition coefficient (Wildman–Crippen LogP) is 5.20. The van der Waals surface area contributed by atoms with Crippen molar-refractivity contribution in [2.75, 3.05) is 0 Å². The molecule has 2 aliphatic rings. The van der Waals surface area contributed by atoms with Crippen LogP contribution in [0.2, 0.25) is 0 Å². The van der Waals surface area contributed by atoms with E-state index in [1.165, 1.54) is 70.6 Å². The number of rotatable bonds is 3. The molecule has 2 N–H and O–H groups in total. The van der Waals surface area contributed by atoms with Gasteiger partial charge in [0.1, 0.15) is 0 Å². The number of nitrogens with zero attached hydrogens (tertiary/aromatic N) is 1. The first-order chi connectivity index (χ1) is 13.3. The second kappa shape index (κ2) is 11.1. The van der Waals surface area contributed by atoms with Gasteiger partial charge in [-0.3, -0.25) is 10.1 Å². The fourth-order valence-corrected chi connectivity index (χ4v) is 4.24. The Morgan fingerprint density at radius 2 is 1.33 bits per heavy atom. The van der Waals surface area contributed by atoms with Crippen molar-refractivity contribution in [3.05, 3.63) is 35.9 Å². The summed E-state index contributed by atoms with van der Waals surface area (Å²) in [7, 11) is 0. The third-order valence-electron chi connectivity index (χ3n) is 5.85. The van der Waals surface area contributed by atoms with Crippen LogP contribution in [0.15, 0.2) is 35.3 Å². The predicted molar refractivity (Wildman–Crippen MR) is 112 cm³/mol. The van der Waals surface area contributed by atoms with Gasteiger partial charge in [0.15, 0.2) is 5.96 Å². The lowest BCUT2D eigenvalue weighted by atomic mass is 9.97. The quantitative estimate of drug-likeness (QED) is 0.437. The molecule has 0 bridgehead atoms. The Hall–Kier alpha value is -1.84. The molecule has 1 aromatic rings. The van der Waals surface area contributed by atoms with Gasteiger partial charge in [-0.2, -0.15) is 0 Å². The van der Waals surface area contributed by atoms with Crippen LogP contribution in [0.3, 0.4) is 0 Å². The summed E-state index contributed by atoms with van der Waals surface area (Å²) in [5, 5.41) is 6.69. The lowest BCUT2D eigenvalue weighted by Crippen LogP contribution is -2.46. The van der Waals surface area contributed by atoms with Crippen LogP contribution in [-0.4, -0.2) is 24.0 Å². The smallest absolute Gasteiger partial charge is 0.257 e. The molecule has 0 aromatic heterocycles. The van der Waals surface area contributed by atoms with Crippen molar-refractivity contribution in [3.63, 3.8) is 0 Å². The third-order valence-corrected chi connectivity index (χ3v) is 5.85. The van der Waals surface area contributed by atoms with E-state index in [2.05, 4.69) is 10.6 Å². The SMILES string of the molecule is O=C(NC(=NC1CCCCCC1)NC1CCCCCCC1)c1ccccc1. The van der Waals surface area contributed by atoms with Crippen molar-refractivity contribution in [3.8, 4) is 0 Å². The maximum Gasteiger partial charge on any atom is 0.257 e. The van der Waals surface area contributed by atoms with E-state index >= 15 is 0 Å². The first-order valence-electron chi connectivity index (χ1n) is 11.0. The fourth-order valence-electron chi connectivity index (χ4n) is 4.24. The molecule has 0 spiro atoms. The van der Waals surface area contributed by atoms with Crippen LogP contribution < -0.4 is 10.6 Å². The van der Waals surface area contributed by atoms with Gasteiger partial charge < -0.3 is 5.32 Å². The molecule has 4 heteroatoms. The largest absolute Gasteiger partial charge is 0.353 e. The maximum atomic E-state index is 12.7. The highest BCUT2D eigenvalue weighted by molar-refractivity contribution is 6.05. The van der Waals surface area contributed by atoms with Gasteiger partial charge in [-0.05, 0) is 37.8 Å². The average Bonchev–Trinajstić information content (AvgIpc) is 2.93. The van der Waals surface area contributed by atoms with Gasteiger partial charge in [0, 0.05) is 11.6 Å². The van der Waals surface area contributed by atoms with Crippen molar-refractivity contribution in [2.24, 2.45) is 4.99 Å². The van der Waals surface area contributed by atoms with Crippen LogP contribution >= 0.6 is 0 Å². The monoisotopic (exact) mass is 369 g/mol. The summed E-state index contributed by atoms with van der Waals surface area (Å²) in [4.78, 5) is 17.7. The van der Waals surface area contributed by atoms with E-state index in [4.69, 9.17) is 4.99 Å². The van der Waals surface area contributed by atoms with Crippen LogP contribution in [0, 0.1) is 0 Å². The van der Waals surface area contributed by atoms with Crippen molar-refractivity contribution >= 4 is 11.9 Å². The van der Waals surface area contributed by atoms with E-state index in [0.717, 1.165) is 12.8 Å². The number of benzene rings is 1. The Morgan fingerprint density at radius 3 is 1.96 bits per heavy atom. The number of hydrogen-bond acceptors (Lipinski definition) is 2. The summed E-state index contributed by atoms with van der Waals surface area (Å²) < 4.78 is 0. The summed E-state index contributed by atoms with van der Waals surface area (Å²) >= 11 is 0. The maximum absolute atomic E-state index is 12.7. The summed E-state index contributed by atoms with van der Waals surface area (Å²) in [5.74, 6) is 0.627. The zero-order valence-corrected chi connectivity index (χ0v) is 16.6. The topological polar surface area (TPSA) is 53.5 Å². The molecule has 2 saturated carbocycles. The molecule has 0 unspecified atom stereocenters. The van der Waals surface area contributed by atoms with Crippen molar-refractivity contribution in [1.29, 1.82) is 0 Å². The van der Waals surface area contributed by atoms with Crippen LogP contribution in [0.25, 0.3) is 0 Å². The Kier molecular flexibility index (Phi) is 8.19. The molecule has 1 aromatic carbocycles. The zero-order chi connectivity index (χ0) is 18.7. The van der Waals surface area contributed by atoms with Gasteiger partial charge in [-0.15, -0.1) is 0 Å². The number of aliphatic imine (C=N–C) groups is 1. The molecule has 3 rings (SSSR count). The third kappa shape index (κ3) is 7.00. The number of carbonyl (C=O) groups is 1. The summed E-state index contributed by atoms with van der Waals surface area (Å²) in [6.45, 7) is 0. The van der Waals surface area contributed by atoms with Crippen LogP contribution in [-0.2, 0) is 0 Å². The minimum atomic E-state index is -0.0682. The molecule has 2 fully saturated rings. The molecule has 0 aliphatic heterocycles. The number of amides is 1. The number of hydrogen-bond donors (Lipinski definition) is 2. The molecule has 0 saturated heterocycles. The van der Waals surface area contributed by atoms with Crippen molar-refractivity contribution < 1.29 is 4.79 Å². The lowest BCUT2D eigenvalue weighted by molar-refractivity contribution is 0.0975. The highest BCUT2D eigenvalue weighted by Crippen LogP contribution is 2.20. The van der Waals surface area contributed by atoms with Gasteiger partial charge in [0.2, 0.25) is 0 Å². The molecular weight excluding hydrogens is 334 g/mol. The molecule has 0 heterocycles. The Bertz CT molecular complexity index is 583. The number of guanidine groups is 1. The van der Waals surface area contributed by atoms with Crippen LogP contribution in [0.5, 0.6) is 0 Å². The number of carbonyl (C=O) groups excluding carboxylic acids is 1. The normalized spacial score (nSPS) is 21.0. The van der Waals surface area contributed by atoms with Crippen molar-refractivity contribution in [1.82, 2.24) is 10.6 Å². The molecular formula is C23H35N3O. The van der Waals surface area contributed by atoms with E-state index in [9.17, 15) is 4.79 Å². The summed E-state index contributed by atoms with van der Waals surface area (Å²) in [6, 6.07) is 10.2. The lowest BCUT2D eigenvalue weighted by Gasteiger charge is -2.24. The first kappa shape index (κ1) is 19.9. The summed E-state index contributed by atoms with van der Waals surface area (Å²) in [6.07, 6.45) is 16.3. The molecule has 1 amide bonds. The highest BCUT2D eigenvalue weighted by Gasteiger charge is 2.18. The second-order valence-electron chi connectivity index (χ2n) is 8.13. The number of nitrogens with one attached hydrogen (secondary N) is 2. The highest BCUT2D eigenvalue weighted by atomic mass is 16.1. The van der Waals surface area contributed by atoms with Gasteiger partial charge in [-0.1, -0.05) is 76.0 Å². The average molecular weight is 370 g/mol. The zero-order valence-electron chi connectivity index (χ0n) is 16.6. The Labute approximate surface area is 164 Å². The minimum absolute atomic E-state index is 0.0682. The second-order valence-corrected chi connectivity index (χ2v) is 8.13. The molecule has 148 valence electrons. The first-order valence-corrected chi connectivity index (χ1v) is 11.0. The van der Waals surface area contributed by atoms with E-state index in [0.29, 0.717) is 23.6 Å². The Balaban J connectivity index is 1.69. The van der Waals surface area contributed by atoms with E-state index < -0.39 is 0 Å². The van der Waals surface area contributed by atoms with Gasteiger partial charge >= 0.3 is 0 Å². The molecule has 0 atom stereocenters. The van der Waals surface area contributed by atoms with E-state index in [1.807, 2.05) is 30.3 Å². The van der Waals surface area contributed by atoms with E-state index in [-0.39, 0.29) is 5.91 Å². The molecule has 0 radical (unpaired) electrons. The minimum Gasteiger partial charge on any atom is -0.353 e. The van der Waals surface area contributed by atoms with Crippen LogP contribution in [0.4, 0.5) is 0 Å². The standard InChI is InChI=1S/C23H35N3O/c27-22(19-13-7-6-8-14-19)26-23(25-21-17-11-4-5-12-18-21)24-20-15-9-2-1-3-10-16-20/h6-8,13-14,20-21H,1-5,9-12,15-18H2,(H2,24,25,26,27). The molecule has 2 aliphatic carbocycles.